The summed E-state index contributed by atoms with van der Waals surface area (Å²) < 4.78 is 15.8. The van der Waals surface area contributed by atoms with Crippen molar-refractivity contribution in [3.8, 4) is 0 Å². The van der Waals surface area contributed by atoms with Gasteiger partial charge in [-0.3, -0.25) is 9.32 Å². The van der Waals surface area contributed by atoms with E-state index in [1.54, 1.807) is 0 Å². The van der Waals surface area contributed by atoms with Crippen molar-refractivity contribution in [2.24, 2.45) is 0 Å². The van der Waals surface area contributed by atoms with Crippen LogP contribution in [-0.2, 0) is 13.9 Å². The van der Waals surface area contributed by atoms with E-state index in [2.05, 4.69) is 23.7 Å². The van der Waals surface area contributed by atoms with Gasteiger partial charge in [-0.15, -0.1) is 0 Å². The molecule has 0 aromatic rings. The Labute approximate surface area is 253 Å². The third-order valence-electron chi connectivity index (χ3n) is 8.09. The number of aliphatic hydroxyl groups is 1. The van der Waals surface area contributed by atoms with Crippen LogP contribution in [-0.4, -0.2) is 39.6 Å². The molecule has 2 atom stereocenters. The number of aliphatic hydroxyl groups excluding tert-OH is 1. The summed E-state index contributed by atoms with van der Waals surface area (Å²) in [5.41, 5.74) is 0. The largest absolute Gasteiger partial charge is 0.469 e. The molecular formula is C33H68NO6P. The molecule has 8 heteroatoms. The van der Waals surface area contributed by atoms with Gasteiger partial charge in [0.1, 0.15) is 0 Å². The Balaban J connectivity index is 3.95. The molecule has 0 radical (unpaired) electrons. The molecular weight excluding hydrogens is 537 g/mol. The highest BCUT2D eigenvalue weighted by Crippen LogP contribution is 2.36. The SMILES string of the molecule is CCCCCCCCCCCCCCCCCC[C@@H](O)[C@H](COP(=O)(O)O)NC(=O)CCCCCCCCCCC. The lowest BCUT2D eigenvalue weighted by molar-refractivity contribution is -0.123. The number of phosphoric ester groups is 1. The summed E-state index contributed by atoms with van der Waals surface area (Å²) in [4.78, 5) is 30.6. The van der Waals surface area contributed by atoms with E-state index in [1.165, 1.54) is 122 Å². The molecule has 0 heterocycles. The summed E-state index contributed by atoms with van der Waals surface area (Å²) in [6, 6.07) is -0.815. The second kappa shape index (κ2) is 29.6. The maximum absolute atomic E-state index is 12.4. The van der Waals surface area contributed by atoms with E-state index in [9.17, 15) is 14.5 Å². The van der Waals surface area contributed by atoms with Gasteiger partial charge in [-0.1, -0.05) is 168 Å². The molecule has 0 saturated heterocycles. The zero-order valence-electron chi connectivity index (χ0n) is 27.0. The number of unbranched alkanes of at least 4 members (excludes halogenated alkanes) is 23. The molecule has 0 aliphatic heterocycles. The average Bonchev–Trinajstić information content (AvgIpc) is 2.93. The van der Waals surface area contributed by atoms with Gasteiger partial charge in [0.15, 0.2) is 0 Å². The summed E-state index contributed by atoms with van der Waals surface area (Å²) in [6.45, 7) is 4.09. The fraction of sp³-hybridized carbons (Fsp3) is 0.970. The minimum atomic E-state index is -4.67. The standard InChI is InChI=1S/C33H68NO6P/c1-3-5-7-9-11-13-14-15-16-17-18-19-21-22-24-26-28-32(35)31(30-40-41(37,38)39)34-33(36)29-27-25-23-20-12-10-8-6-4-2/h31-32,35H,3-30H2,1-2H3,(H,34,36)(H2,37,38,39)/t31-,32+/m0/s1. The first kappa shape index (κ1) is 40.5. The molecule has 0 aliphatic carbocycles. The smallest absolute Gasteiger partial charge is 0.391 e. The lowest BCUT2D eigenvalue weighted by Gasteiger charge is -2.24. The number of phosphoric acid groups is 1. The monoisotopic (exact) mass is 605 g/mol. The first-order valence-corrected chi connectivity index (χ1v) is 19.0. The number of hydrogen-bond acceptors (Lipinski definition) is 4. The number of amides is 1. The van der Waals surface area contributed by atoms with Crippen LogP contribution in [0.3, 0.4) is 0 Å². The van der Waals surface area contributed by atoms with Gasteiger partial charge in [0.05, 0.1) is 18.8 Å². The van der Waals surface area contributed by atoms with Gasteiger partial charge in [0.25, 0.3) is 0 Å². The molecule has 4 N–H and O–H groups in total. The van der Waals surface area contributed by atoms with Gasteiger partial charge in [0.2, 0.25) is 5.91 Å². The van der Waals surface area contributed by atoms with E-state index in [0.29, 0.717) is 12.8 Å². The Kier molecular flexibility index (Phi) is 29.3. The van der Waals surface area contributed by atoms with Crippen LogP contribution in [0.1, 0.15) is 187 Å². The van der Waals surface area contributed by atoms with E-state index in [1.807, 2.05) is 0 Å². The van der Waals surface area contributed by atoms with E-state index in [-0.39, 0.29) is 5.91 Å². The predicted octanol–water partition coefficient (Wildman–Crippen LogP) is 9.51. The fourth-order valence-electron chi connectivity index (χ4n) is 5.40. The van der Waals surface area contributed by atoms with E-state index >= 15 is 0 Å². The quantitative estimate of drug-likeness (QED) is 0.0448. The lowest BCUT2D eigenvalue weighted by Crippen LogP contribution is -2.46. The number of carbonyl (C=O) groups is 1. The second-order valence-electron chi connectivity index (χ2n) is 12.2. The van der Waals surface area contributed by atoms with Gasteiger partial charge in [-0.25, -0.2) is 4.57 Å². The van der Waals surface area contributed by atoms with Gasteiger partial charge in [-0.05, 0) is 12.8 Å². The molecule has 246 valence electrons. The molecule has 7 nitrogen and oxygen atoms in total. The molecule has 0 aliphatic rings. The first-order chi connectivity index (χ1) is 19.8. The molecule has 1 amide bonds. The summed E-state index contributed by atoms with van der Waals surface area (Å²) >= 11 is 0. The molecule has 0 aromatic heterocycles. The average molecular weight is 606 g/mol. The van der Waals surface area contributed by atoms with Crippen molar-refractivity contribution >= 4 is 13.7 Å². The van der Waals surface area contributed by atoms with E-state index < -0.39 is 26.6 Å². The minimum Gasteiger partial charge on any atom is -0.391 e. The van der Waals surface area contributed by atoms with Gasteiger partial charge < -0.3 is 20.2 Å². The highest BCUT2D eigenvalue weighted by atomic mass is 31.2. The van der Waals surface area contributed by atoms with Crippen LogP contribution in [0.4, 0.5) is 0 Å². The number of nitrogens with one attached hydrogen (secondary N) is 1. The molecule has 0 fully saturated rings. The maximum atomic E-state index is 12.4. The Bertz CT molecular complexity index is 615. The van der Waals surface area contributed by atoms with Crippen molar-refractivity contribution in [2.45, 2.75) is 199 Å². The molecule has 0 rings (SSSR count). The third kappa shape index (κ3) is 30.8. The van der Waals surface area contributed by atoms with Crippen LogP contribution in [0.2, 0.25) is 0 Å². The molecule has 0 spiro atoms. The molecule has 0 saturated carbocycles. The van der Waals surface area contributed by atoms with Crippen molar-refractivity contribution in [3.63, 3.8) is 0 Å². The summed E-state index contributed by atoms with van der Waals surface area (Å²) in [5.74, 6) is -0.196. The van der Waals surface area contributed by atoms with Crippen LogP contribution >= 0.6 is 7.82 Å². The lowest BCUT2D eigenvalue weighted by atomic mass is 10.0. The maximum Gasteiger partial charge on any atom is 0.469 e. The van der Waals surface area contributed by atoms with Crippen LogP contribution < -0.4 is 5.32 Å². The minimum absolute atomic E-state index is 0.196. The summed E-state index contributed by atoms with van der Waals surface area (Å²) in [5, 5.41) is 13.4. The van der Waals surface area contributed by atoms with Crippen LogP contribution in [0.25, 0.3) is 0 Å². The molecule has 0 unspecified atom stereocenters. The highest BCUT2D eigenvalue weighted by molar-refractivity contribution is 7.46. The van der Waals surface area contributed by atoms with Gasteiger partial charge in [-0.2, -0.15) is 0 Å². The number of rotatable bonds is 32. The fourth-order valence-corrected chi connectivity index (χ4v) is 5.76. The van der Waals surface area contributed by atoms with Crippen molar-refractivity contribution in [3.05, 3.63) is 0 Å². The highest BCUT2D eigenvalue weighted by Gasteiger charge is 2.25. The predicted molar refractivity (Wildman–Crippen MR) is 172 cm³/mol. The summed E-state index contributed by atoms with van der Waals surface area (Å²) in [6.07, 6.45) is 30.9. The zero-order valence-corrected chi connectivity index (χ0v) is 27.9. The second-order valence-corrected chi connectivity index (χ2v) is 13.4. The van der Waals surface area contributed by atoms with Crippen LogP contribution in [0.5, 0.6) is 0 Å². The summed E-state index contributed by atoms with van der Waals surface area (Å²) in [7, 11) is -4.67. The van der Waals surface area contributed by atoms with Crippen LogP contribution in [0.15, 0.2) is 0 Å². The number of carbonyl (C=O) groups excluding carboxylic acids is 1. The molecule has 0 bridgehead atoms. The van der Waals surface area contributed by atoms with Crippen molar-refractivity contribution in [1.82, 2.24) is 5.32 Å². The third-order valence-corrected chi connectivity index (χ3v) is 8.58. The normalized spacial score (nSPS) is 13.4. The van der Waals surface area contributed by atoms with E-state index in [0.717, 1.165) is 38.5 Å². The Morgan fingerprint density at radius 3 is 1.32 bits per heavy atom. The van der Waals surface area contributed by atoms with Crippen molar-refractivity contribution in [2.75, 3.05) is 6.61 Å². The first-order valence-electron chi connectivity index (χ1n) is 17.5. The van der Waals surface area contributed by atoms with E-state index in [4.69, 9.17) is 9.79 Å². The van der Waals surface area contributed by atoms with Gasteiger partial charge in [0, 0.05) is 6.42 Å². The van der Waals surface area contributed by atoms with Crippen molar-refractivity contribution < 1.29 is 28.8 Å². The molecule has 41 heavy (non-hydrogen) atoms. The Morgan fingerprint density at radius 1 is 0.610 bits per heavy atom. The van der Waals surface area contributed by atoms with Crippen molar-refractivity contribution in [1.29, 1.82) is 0 Å². The Morgan fingerprint density at radius 2 is 0.951 bits per heavy atom. The topological polar surface area (TPSA) is 116 Å². The number of hydrogen-bond donors (Lipinski definition) is 4. The zero-order chi connectivity index (χ0) is 30.4. The van der Waals surface area contributed by atoms with Gasteiger partial charge >= 0.3 is 7.82 Å². The van der Waals surface area contributed by atoms with Crippen LogP contribution in [0, 0.1) is 0 Å². The Hall–Kier alpha value is -0.460. The molecule has 0 aromatic carbocycles.